The molecule has 184 valence electrons. The van der Waals surface area contributed by atoms with Crippen molar-refractivity contribution in [2.45, 2.75) is 38.2 Å². The standard InChI is InChI=1S/C26H22F6N2O/c1-16(21-6-2-3-7-22(21)23-8-4-5-11-33-23)34(15-17-9-10-17)24(35)18-12-19(25(27,28)29)14-20(13-18)26(30,31)32/h2-8,11-14,16-17H,9-10,15H2,1H3. The van der Waals surface area contributed by atoms with Gasteiger partial charge in [0.25, 0.3) is 5.91 Å². The van der Waals surface area contributed by atoms with Crippen LogP contribution in [-0.4, -0.2) is 22.3 Å². The number of carbonyl (C=O) groups is 1. The monoisotopic (exact) mass is 492 g/mol. The first-order valence-electron chi connectivity index (χ1n) is 11.1. The third-order valence-electron chi connectivity index (χ3n) is 6.07. The Morgan fingerprint density at radius 1 is 0.943 bits per heavy atom. The highest BCUT2D eigenvalue weighted by molar-refractivity contribution is 5.95. The molecule has 3 aromatic rings. The van der Waals surface area contributed by atoms with Crippen LogP contribution in [0.1, 0.15) is 52.9 Å². The van der Waals surface area contributed by atoms with E-state index in [1.54, 1.807) is 49.5 Å². The molecule has 4 rings (SSSR count). The first kappa shape index (κ1) is 24.8. The van der Waals surface area contributed by atoms with E-state index in [1.807, 2.05) is 6.07 Å². The molecule has 1 aliphatic rings. The van der Waals surface area contributed by atoms with E-state index in [1.165, 1.54) is 4.90 Å². The molecule has 0 N–H and O–H groups in total. The lowest BCUT2D eigenvalue weighted by atomic mass is 9.96. The number of nitrogens with zero attached hydrogens (tertiary/aromatic N) is 2. The topological polar surface area (TPSA) is 33.2 Å². The Labute approximate surface area is 198 Å². The van der Waals surface area contributed by atoms with Gasteiger partial charge in [-0.3, -0.25) is 9.78 Å². The van der Waals surface area contributed by atoms with Crippen molar-refractivity contribution >= 4 is 5.91 Å². The number of alkyl halides is 6. The average Bonchev–Trinajstić information content (AvgIpc) is 3.65. The van der Waals surface area contributed by atoms with Crippen molar-refractivity contribution in [3.63, 3.8) is 0 Å². The lowest BCUT2D eigenvalue weighted by molar-refractivity contribution is -0.143. The smallest absolute Gasteiger partial charge is 0.332 e. The summed E-state index contributed by atoms with van der Waals surface area (Å²) in [6.45, 7) is 1.95. The SMILES string of the molecule is CC(c1ccccc1-c1ccccn1)N(CC1CC1)C(=O)c1cc(C(F)(F)F)cc(C(F)(F)F)c1. The Balaban J connectivity index is 1.77. The molecule has 1 unspecified atom stereocenters. The molecule has 0 radical (unpaired) electrons. The summed E-state index contributed by atoms with van der Waals surface area (Å²) < 4.78 is 80.3. The molecule has 0 spiro atoms. The zero-order chi connectivity index (χ0) is 25.4. The maximum absolute atomic E-state index is 13.5. The van der Waals surface area contributed by atoms with Crippen LogP contribution in [0.15, 0.2) is 66.9 Å². The Hall–Kier alpha value is -3.36. The van der Waals surface area contributed by atoms with Crippen molar-refractivity contribution in [3.8, 4) is 11.3 Å². The molecule has 1 aromatic heterocycles. The summed E-state index contributed by atoms with van der Waals surface area (Å²) in [5.41, 5.74) is -1.59. The van der Waals surface area contributed by atoms with E-state index in [9.17, 15) is 31.1 Å². The first-order chi connectivity index (χ1) is 16.4. The van der Waals surface area contributed by atoms with Gasteiger partial charge in [-0.2, -0.15) is 26.3 Å². The Morgan fingerprint density at radius 3 is 2.09 bits per heavy atom. The van der Waals surface area contributed by atoms with Gasteiger partial charge in [-0.15, -0.1) is 0 Å². The fraction of sp³-hybridized carbons (Fsp3) is 0.308. The van der Waals surface area contributed by atoms with Crippen LogP contribution in [0.3, 0.4) is 0 Å². The number of benzene rings is 2. The number of carbonyl (C=O) groups excluding carboxylic acids is 1. The molecule has 2 aromatic carbocycles. The summed E-state index contributed by atoms with van der Waals surface area (Å²) in [6.07, 6.45) is -6.77. The van der Waals surface area contributed by atoms with Crippen LogP contribution in [-0.2, 0) is 12.4 Å². The molecule has 1 aliphatic carbocycles. The largest absolute Gasteiger partial charge is 0.416 e. The maximum atomic E-state index is 13.5. The summed E-state index contributed by atoms with van der Waals surface area (Å²) in [5, 5.41) is 0. The average molecular weight is 492 g/mol. The molecule has 1 atom stereocenters. The number of amides is 1. The highest BCUT2D eigenvalue weighted by Crippen LogP contribution is 2.39. The Morgan fingerprint density at radius 2 is 1.54 bits per heavy atom. The van der Waals surface area contributed by atoms with E-state index in [0.717, 1.165) is 18.4 Å². The summed E-state index contributed by atoms with van der Waals surface area (Å²) in [6, 6.07) is 12.9. The van der Waals surface area contributed by atoms with Gasteiger partial charge < -0.3 is 4.90 Å². The number of aromatic nitrogens is 1. The predicted octanol–water partition coefficient (Wildman–Crippen LogP) is 7.40. The molecule has 35 heavy (non-hydrogen) atoms. The van der Waals surface area contributed by atoms with Gasteiger partial charge in [0.2, 0.25) is 0 Å². The number of rotatable bonds is 6. The second-order valence-corrected chi connectivity index (χ2v) is 8.67. The van der Waals surface area contributed by atoms with Gasteiger partial charge >= 0.3 is 12.4 Å². The van der Waals surface area contributed by atoms with Crippen molar-refractivity contribution < 1.29 is 31.1 Å². The van der Waals surface area contributed by atoms with E-state index in [2.05, 4.69) is 4.98 Å². The van der Waals surface area contributed by atoms with Crippen LogP contribution in [0.4, 0.5) is 26.3 Å². The minimum atomic E-state index is -5.03. The minimum Gasteiger partial charge on any atom is -0.332 e. The summed E-state index contributed by atoms with van der Waals surface area (Å²) in [5.74, 6) is -0.729. The second kappa shape index (κ2) is 9.36. The van der Waals surface area contributed by atoms with Crippen molar-refractivity contribution in [2.24, 2.45) is 5.92 Å². The molecule has 0 bridgehead atoms. The van der Waals surface area contributed by atoms with Crippen LogP contribution in [0.2, 0.25) is 0 Å². The van der Waals surface area contributed by atoms with Gasteiger partial charge in [0.05, 0.1) is 22.9 Å². The quantitative estimate of drug-likeness (QED) is 0.336. The number of pyridine rings is 1. The van der Waals surface area contributed by atoms with Crippen LogP contribution in [0.5, 0.6) is 0 Å². The van der Waals surface area contributed by atoms with Gasteiger partial charge in [-0.05, 0) is 61.6 Å². The zero-order valence-corrected chi connectivity index (χ0v) is 18.7. The number of hydrogen-bond acceptors (Lipinski definition) is 2. The van der Waals surface area contributed by atoms with Crippen molar-refractivity contribution in [3.05, 3.63) is 89.1 Å². The predicted molar refractivity (Wildman–Crippen MR) is 118 cm³/mol. The van der Waals surface area contributed by atoms with Crippen molar-refractivity contribution in [1.82, 2.24) is 9.88 Å². The van der Waals surface area contributed by atoms with Crippen molar-refractivity contribution in [1.29, 1.82) is 0 Å². The summed E-state index contributed by atoms with van der Waals surface area (Å²) in [7, 11) is 0. The lowest BCUT2D eigenvalue weighted by Gasteiger charge is -2.31. The van der Waals surface area contributed by atoms with E-state index in [-0.39, 0.29) is 18.5 Å². The molecule has 1 heterocycles. The van der Waals surface area contributed by atoms with E-state index in [4.69, 9.17) is 0 Å². The zero-order valence-electron chi connectivity index (χ0n) is 18.7. The van der Waals surface area contributed by atoms with Gasteiger partial charge in [0.15, 0.2) is 0 Å². The molecule has 0 saturated heterocycles. The molecule has 1 fully saturated rings. The first-order valence-corrected chi connectivity index (χ1v) is 11.1. The molecule has 3 nitrogen and oxygen atoms in total. The number of hydrogen-bond donors (Lipinski definition) is 0. The fourth-order valence-electron chi connectivity index (χ4n) is 4.02. The highest BCUT2D eigenvalue weighted by Gasteiger charge is 2.39. The van der Waals surface area contributed by atoms with Crippen LogP contribution in [0, 0.1) is 5.92 Å². The van der Waals surface area contributed by atoms with Crippen molar-refractivity contribution in [2.75, 3.05) is 6.54 Å². The normalized spacial score (nSPS) is 15.1. The van der Waals surface area contributed by atoms with Gasteiger partial charge in [-0.1, -0.05) is 30.3 Å². The highest BCUT2D eigenvalue weighted by atomic mass is 19.4. The Bertz CT molecular complexity index is 1170. The third-order valence-corrected chi connectivity index (χ3v) is 6.07. The van der Waals surface area contributed by atoms with Crippen LogP contribution >= 0.6 is 0 Å². The fourth-order valence-corrected chi connectivity index (χ4v) is 4.02. The molecular formula is C26H22F6N2O. The Kier molecular flexibility index (Phi) is 6.62. The van der Waals surface area contributed by atoms with Crippen LogP contribution in [0.25, 0.3) is 11.3 Å². The van der Waals surface area contributed by atoms with E-state index in [0.29, 0.717) is 23.4 Å². The van der Waals surface area contributed by atoms with Gasteiger partial charge in [0, 0.05) is 23.9 Å². The molecule has 9 heteroatoms. The maximum Gasteiger partial charge on any atom is 0.416 e. The third kappa shape index (κ3) is 5.66. The van der Waals surface area contributed by atoms with Gasteiger partial charge in [0.1, 0.15) is 0 Å². The van der Waals surface area contributed by atoms with E-state index < -0.39 is 41.0 Å². The van der Waals surface area contributed by atoms with Crippen LogP contribution < -0.4 is 0 Å². The summed E-state index contributed by atoms with van der Waals surface area (Å²) in [4.78, 5) is 19.2. The molecule has 1 saturated carbocycles. The number of halogens is 6. The molecular weight excluding hydrogens is 470 g/mol. The minimum absolute atomic E-state index is 0.0296. The van der Waals surface area contributed by atoms with Gasteiger partial charge in [-0.25, -0.2) is 0 Å². The molecule has 1 amide bonds. The summed E-state index contributed by atoms with van der Waals surface area (Å²) >= 11 is 0. The van der Waals surface area contributed by atoms with E-state index >= 15 is 0 Å². The second-order valence-electron chi connectivity index (χ2n) is 8.67. The molecule has 0 aliphatic heterocycles. The lowest BCUT2D eigenvalue weighted by Crippen LogP contribution is -2.36.